The zero-order chi connectivity index (χ0) is 6.78. The van der Waals surface area contributed by atoms with Crippen LogP contribution >= 0.6 is 38.5 Å². The Bertz CT molecular complexity index is 71.4. The van der Waals surface area contributed by atoms with Gasteiger partial charge in [0, 0.05) is 4.43 Å². The summed E-state index contributed by atoms with van der Waals surface area (Å²) < 4.78 is 34.3. The summed E-state index contributed by atoms with van der Waals surface area (Å²) in [5.41, 5.74) is 0. The summed E-state index contributed by atoms with van der Waals surface area (Å²) in [6.45, 7) is 0. The Hall–Kier alpha value is 1.00. The van der Waals surface area contributed by atoms with Gasteiger partial charge in [-0.2, -0.15) is 13.2 Å². The standard InChI is InChI=1S/C3H3BrF3I/c4-2(1-8)3(5,6)7/h2H,1H2. The first-order valence-electron chi connectivity index (χ1n) is 1.75. The Kier molecular flexibility index (Phi) is 3.64. The predicted molar refractivity (Wildman–Crippen MR) is 37.7 cm³/mol. The maximum absolute atomic E-state index is 11.4. The van der Waals surface area contributed by atoms with Crippen molar-refractivity contribution < 1.29 is 13.2 Å². The lowest BCUT2D eigenvalue weighted by Crippen LogP contribution is -2.23. The van der Waals surface area contributed by atoms with E-state index in [4.69, 9.17) is 0 Å². The third-order valence-electron chi connectivity index (χ3n) is 0.491. The molecule has 50 valence electrons. The maximum Gasteiger partial charge on any atom is 0.401 e. The van der Waals surface area contributed by atoms with Crippen molar-refractivity contribution in [1.29, 1.82) is 0 Å². The fraction of sp³-hybridized carbons (Fsp3) is 1.00. The summed E-state index contributed by atoms with van der Waals surface area (Å²) in [7, 11) is 0. The van der Waals surface area contributed by atoms with Crippen LogP contribution in [0.1, 0.15) is 0 Å². The van der Waals surface area contributed by atoms with Crippen LogP contribution < -0.4 is 0 Å². The van der Waals surface area contributed by atoms with Gasteiger partial charge >= 0.3 is 6.18 Å². The minimum atomic E-state index is -4.08. The van der Waals surface area contributed by atoms with Gasteiger partial charge in [0.2, 0.25) is 0 Å². The second-order valence-electron chi connectivity index (χ2n) is 1.16. The molecule has 1 atom stereocenters. The molecule has 0 radical (unpaired) electrons. The Morgan fingerprint density at radius 3 is 1.88 bits per heavy atom. The molecule has 0 amide bonds. The molecule has 0 aliphatic carbocycles. The van der Waals surface area contributed by atoms with E-state index in [1.807, 2.05) is 0 Å². The zero-order valence-electron chi connectivity index (χ0n) is 3.67. The van der Waals surface area contributed by atoms with Crippen LogP contribution in [0.5, 0.6) is 0 Å². The molecule has 0 heterocycles. The van der Waals surface area contributed by atoms with E-state index in [0.29, 0.717) is 0 Å². The van der Waals surface area contributed by atoms with Gasteiger partial charge in [0.05, 0.1) is 0 Å². The SMILES string of the molecule is FC(F)(F)C(Br)CI. The number of hydrogen-bond acceptors (Lipinski definition) is 0. The van der Waals surface area contributed by atoms with E-state index in [9.17, 15) is 13.2 Å². The Labute approximate surface area is 67.1 Å². The van der Waals surface area contributed by atoms with Gasteiger partial charge < -0.3 is 0 Å². The first kappa shape index (κ1) is 9.00. The Balaban J connectivity index is 3.62. The van der Waals surface area contributed by atoms with Gasteiger partial charge in [-0.1, -0.05) is 38.5 Å². The minimum absolute atomic E-state index is 0.0568. The Morgan fingerprint density at radius 2 is 1.88 bits per heavy atom. The van der Waals surface area contributed by atoms with Crippen LogP contribution in [0.3, 0.4) is 0 Å². The van der Waals surface area contributed by atoms with Crippen LogP contribution in [0, 0.1) is 0 Å². The number of halogens is 5. The van der Waals surface area contributed by atoms with E-state index in [-0.39, 0.29) is 4.43 Å². The maximum atomic E-state index is 11.4. The molecule has 0 spiro atoms. The van der Waals surface area contributed by atoms with Gasteiger partial charge in [0.25, 0.3) is 0 Å². The lowest BCUT2D eigenvalue weighted by atomic mass is 10.5. The van der Waals surface area contributed by atoms with Crippen molar-refractivity contribution in [3.05, 3.63) is 0 Å². The molecule has 1 unspecified atom stereocenters. The summed E-state index contributed by atoms with van der Waals surface area (Å²) >= 11 is 4.14. The highest BCUT2D eigenvalue weighted by Gasteiger charge is 2.36. The highest BCUT2D eigenvalue weighted by atomic mass is 127. The molecule has 0 rings (SSSR count). The van der Waals surface area contributed by atoms with Crippen LogP contribution in [-0.2, 0) is 0 Å². The van der Waals surface area contributed by atoms with E-state index >= 15 is 0 Å². The van der Waals surface area contributed by atoms with Crippen molar-refractivity contribution in [3.8, 4) is 0 Å². The van der Waals surface area contributed by atoms with Gasteiger partial charge in [0.15, 0.2) is 0 Å². The fourth-order valence-corrected chi connectivity index (χ4v) is 0.587. The van der Waals surface area contributed by atoms with Gasteiger partial charge in [-0.05, 0) is 0 Å². The van der Waals surface area contributed by atoms with Crippen molar-refractivity contribution in [2.24, 2.45) is 0 Å². The van der Waals surface area contributed by atoms with E-state index in [0.717, 1.165) is 0 Å². The van der Waals surface area contributed by atoms with Crippen molar-refractivity contribution in [2.75, 3.05) is 4.43 Å². The van der Waals surface area contributed by atoms with Gasteiger partial charge in [-0.25, -0.2) is 0 Å². The second-order valence-corrected chi connectivity index (χ2v) is 3.15. The molecular formula is C3H3BrF3I. The van der Waals surface area contributed by atoms with Gasteiger partial charge in [-0.3, -0.25) is 0 Å². The number of hydrogen-bond donors (Lipinski definition) is 0. The lowest BCUT2D eigenvalue weighted by molar-refractivity contribution is -0.122. The lowest BCUT2D eigenvalue weighted by Gasteiger charge is -2.08. The average molecular weight is 303 g/mol. The smallest absolute Gasteiger partial charge is 0.170 e. The first-order valence-corrected chi connectivity index (χ1v) is 4.19. The molecule has 0 aromatic heterocycles. The molecule has 8 heavy (non-hydrogen) atoms. The molecule has 0 aliphatic heterocycles. The summed E-state index contributed by atoms with van der Waals surface area (Å²) in [5, 5.41) is 0. The summed E-state index contributed by atoms with van der Waals surface area (Å²) in [6, 6.07) is 0. The molecule has 0 fully saturated rings. The van der Waals surface area contributed by atoms with Crippen LogP contribution in [0.25, 0.3) is 0 Å². The molecule has 0 aliphatic rings. The first-order chi connectivity index (χ1) is 3.48. The molecule has 0 nitrogen and oxygen atoms in total. The third kappa shape index (κ3) is 3.11. The van der Waals surface area contributed by atoms with Crippen molar-refractivity contribution in [2.45, 2.75) is 11.0 Å². The van der Waals surface area contributed by atoms with Crippen LogP contribution in [0.15, 0.2) is 0 Å². The molecule has 0 bridgehead atoms. The molecule has 0 saturated carbocycles. The van der Waals surface area contributed by atoms with Crippen LogP contribution in [0.4, 0.5) is 13.2 Å². The highest BCUT2D eigenvalue weighted by Crippen LogP contribution is 2.27. The van der Waals surface area contributed by atoms with E-state index in [2.05, 4.69) is 15.9 Å². The molecule has 0 N–H and O–H groups in total. The molecule has 5 heteroatoms. The van der Waals surface area contributed by atoms with Crippen LogP contribution in [0.2, 0.25) is 0 Å². The predicted octanol–water partition coefficient (Wildman–Crippen LogP) is 2.75. The van der Waals surface area contributed by atoms with Crippen LogP contribution in [-0.4, -0.2) is 15.4 Å². The largest absolute Gasteiger partial charge is 0.401 e. The van der Waals surface area contributed by atoms with Crippen molar-refractivity contribution in [3.63, 3.8) is 0 Å². The number of rotatable bonds is 1. The monoisotopic (exact) mass is 302 g/mol. The van der Waals surface area contributed by atoms with Gasteiger partial charge in [-0.15, -0.1) is 0 Å². The normalized spacial score (nSPS) is 16.1. The fourth-order valence-electron chi connectivity index (χ4n) is 0.0875. The van der Waals surface area contributed by atoms with Gasteiger partial charge in [0.1, 0.15) is 4.83 Å². The Morgan fingerprint density at radius 1 is 1.50 bits per heavy atom. The quantitative estimate of drug-likeness (QED) is 0.516. The number of alkyl halides is 5. The summed E-state index contributed by atoms with van der Waals surface area (Å²) in [4.78, 5) is -1.35. The van der Waals surface area contributed by atoms with Crippen molar-refractivity contribution in [1.82, 2.24) is 0 Å². The topological polar surface area (TPSA) is 0 Å². The minimum Gasteiger partial charge on any atom is -0.170 e. The molecule has 0 saturated heterocycles. The van der Waals surface area contributed by atoms with E-state index in [1.165, 1.54) is 0 Å². The summed E-state index contributed by atoms with van der Waals surface area (Å²) in [5.74, 6) is 0. The highest BCUT2D eigenvalue weighted by molar-refractivity contribution is 14.1. The average Bonchev–Trinajstić information content (AvgIpc) is 1.62. The summed E-state index contributed by atoms with van der Waals surface area (Å²) in [6.07, 6.45) is -4.08. The molecular weight excluding hydrogens is 300 g/mol. The third-order valence-corrected chi connectivity index (χ3v) is 3.42. The molecule has 0 aromatic rings. The second kappa shape index (κ2) is 3.24. The molecule has 0 aromatic carbocycles. The zero-order valence-corrected chi connectivity index (χ0v) is 7.42. The van der Waals surface area contributed by atoms with E-state index in [1.54, 1.807) is 22.6 Å². The van der Waals surface area contributed by atoms with Crippen molar-refractivity contribution >= 4 is 38.5 Å². The van der Waals surface area contributed by atoms with E-state index < -0.39 is 11.0 Å².